The Kier molecular flexibility index (Phi) is 5.16. The largest absolute Gasteiger partial charge is 0.493 e. The molecule has 0 unspecified atom stereocenters. The van der Waals surface area contributed by atoms with Crippen LogP contribution in [0.2, 0.25) is 0 Å². The molecule has 7 nitrogen and oxygen atoms in total. The molecule has 0 aliphatic heterocycles. The second kappa shape index (κ2) is 7.08. The molecule has 2 rings (SSSR count). The summed E-state index contributed by atoms with van der Waals surface area (Å²) in [5.74, 6) is 1.54. The third-order valence-corrected chi connectivity index (χ3v) is 3.52. The van der Waals surface area contributed by atoms with E-state index in [9.17, 15) is 4.79 Å². The zero-order chi connectivity index (χ0) is 16.1. The monoisotopic (exact) mass is 322 g/mol. The van der Waals surface area contributed by atoms with Crippen LogP contribution in [0.3, 0.4) is 0 Å². The highest BCUT2D eigenvalue weighted by Gasteiger charge is 2.12. The normalized spacial score (nSPS) is 10.3. The fraction of sp³-hybridized carbons (Fsp3) is 0.357. The van der Waals surface area contributed by atoms with E-state index in [1.165, 1.54) is 7.11 Å². The van der Waals surface area contributed by atoms with Crippen molar-refractivity contribution in [3.8, 4) is 11.5 Å². The molecule has 0 saturated heterocycles. The van der Waals surface area contributed by atoms with Gasteiger partial charge in [-0.3, -0.25) is 9.89 Å². The molecule has 0 atom stereocenters. The number of methoxy groups -OCH3 is 2. The second-order valence-electron chi connectivity index (χ2n) is 4.44. The van der Waals surface area contributed by atoms with Crippen molar-refractivity contribution in [3.63, 3.8) is 0 Å². The molecule has 0 bridgehead atoms. The van der Waals surface area contributed by atoms with Gasteiger partial charge < -0.3 is 19.4 Å². The van der Waals surface area contributed by atoms with Crippen LogP contribution in [0.1, 0.15) is 23.1 Å². The highest BCUT2D eigenvalue weighted by molar-refractivity contribution is 7.71. The van der Waals surface area contributed by atoms with E-state index in [1.807, 2.05) is 11.5 Å². The van der Waals surface area contributed by atoms with Crippen LogP contribution in [0.5, 0.6) is 11.5 Å². The molecule has 0 radical (unpaired) electrons. The van der Waals surface area contributed by atoms with Crippen LogP contribution in [0.4, 0.5) is 0 Å². The van der Waals surface area contributed by atoms with Gasteiger partial charge in [0, 0.05) is 12.1 Å². The second-order valence-corrected chi connectivity index (χ2v) is 4.83. The van der Waals surface area contributed by atoms with Gasteiger partial charge in [0.2, 0.25) is 0 Å². The maximum absolute atomic E-state index is 12.2. The van der Waals surface area contributed by atoms with Crippen molar-refractivity contribution in [2.45, 2.75) is 20.0 Å². The number of H-pyrrole nitrogens is 1. The lowest BCUT2D eigenvalue weighted by atomic mass is 10.2. The molecule has 0 aliphatic rings. The number of carbonyl (C=O) groups excluding carboxylic acids is 1. The van der Waals surface area contributed by atoms with Gasteiger partial charge in [0.25, 0.3) is 5.91 Å². The third kappa shape index (κ3) is 3.28. The fourth-order valence-corrected chi connectivity index (χ4v) is 2.33. The molecule has 0 fully saturated rings. The number of aromatic nitrogens is 3. The van der Waals surface area contributed by atoms with Crippen molar-refractivity contribution < 1.29 is 14.3 Å². The zero-order valence-electron chi connectivity index (χ0n) is 12.7. The first-order chi connectivity index (χ1) is 10.6. The van der Waals surface area contributed by atoms with E-state index in [-0.39, 0.29) is 12.5 Å². The molecule has 1 amide bonds. The number of nitrogens with one attached hydrogen (secondary N) is 2. The maximum atomic E-state index is 12.2. The van der Waals surface area contributed by atoms with Gasteiger partial charge in [0.05, 0.1) is 20.8 Å². The van der Waals surface area contributed by atoms with Crippen molar-refractivity contribution in [2.75, 3.05) is 14.2 Å². The standard InChI is InChI=1S/C14H18N4O3S/c1-4-18-12(16-17-14(18)22)8-15-13(19)9-5-6-10(20-2)11(7-9)21-3/h5-7H,4,8H2,1-3H3,(H,15,19)(H,17,22). The molecule has 1 aromatic carbocycles. The minimum atomic E-state index is -0.225. The Balaban J connectivity index is 2.11. The molecule has 2 aromatic rings. The first-order valence-corrected chi connectivity index (χ1v) is 7.15. The highest BCUT2D eigenvalue weighted by Crippen LogP contribution is 2.27. The first kappa shape index (κ1) is 16.0. The molecule has 2 N–H and O–H groups in total. The molecular formula is C14H18N4O3S. The number of benzene rings is 1. The van der Waals surface area contributed by atoms with Crippen LogP contribution in [0.15, 0.2) is 18.2 Å². The van der Waals surface area contributed by atoms with Gasteiger partial charge in [-0.15, -0.1) is 0 Å². The SMILES string of the molecule is CCn1c(CNC(=O)c2ccc(OC)c(OC)c2)n[nH]c1=S. The summed E-state index contributed by atoms with van der Waals surface area (Å²) in [7, 11) is 3.07. The number of ether oxygens (including phenoxy) is 2. The van der Waals surface area contributed by atoms with E-state index in [0.717, 1.165) is 0 Å². The van der Waals surface area contributed by atoms with Crippen molar-refractivity contribution in [1.29, 1.82) is 0 Å². The van der Waals surface area contributed by atoms with Crippen LogP contribution < -0.4 is 14.8 Å². The summed E-state index contributed by atoms with van der Waals surface area (Å²) in [6.07, 6.45) is 0. The maximum Gasteiger partial charge on any atom is 0.251 e. The van der Waals surface area contributed by atoms with E-state index in [1.54, 1.807) is 25.3 Å². The molecule has 8 heteroatoms. The van der Waals surface area contributed by atoms with Crippen LogP contribution in [0, 0.1) is 4.77 Å². The average Bonchev–Trinajstić information content (AvgIpc) is 2.91. The summed E-state index contributed by atoms with van der Waals surface area (Å²) in [4.78, 5) is 12.2. The van der Waals surface area contributed by atoms with E-state index >= 15 is 0 Å². The molecule has 0 aliphatic carbocycles. The summed E-state index contributed by atoms with van der Waals surface area (Å²) >= 11 is 5.11. The minimum absolute atomic E-state index is 0.225. The molecule has 1 heterocycles. The molecular weight excluding hydrogens is 304 g/mol. The van der Waals surface area contributed by atoms with E-state index in [0.29, 0.717) is 34.2 Å². The van der Waals surface area contributed by atoms with Crippen LogP contribution in [-0.2, 0) is 13.1 Å². The summed E-state index contributed by atoms with van der Waals surface area (Å²) in [6, 6.07) is 4.99. The number of aromatic amines is 1. The summed E-state index contributed by atoms with van der Waals surface area (Å²) < 4.78 is 12.7. The molecule has 0 spiro atoms. The van der Waals surface area contributed by atoms with Gasteiger partial charge in [-0.1, -0.05) is 0 Å². The van der Waals surface area contributed by atoms with E-state index in [4.69, 9.17) is 21.7 Å². The van der Waals surface area contributed by atoms with Gasteiger partial charge in [-0.25, -0.2) is 0 Å². The number of amides is 1. The lowest BCUT2D eigenvalue weighted by Crippen LogP contribution is -2.24. The molecule has 1 aromatic heterocycles. The Bertz CT molecular complexity index is 723. The van der Waals surface area contributed by atoms with E-state index in [2.05, 4.69) is 15.5 Å². The highest BCUT2D eigenvalue weighted by atomic mass is 32.1. The van der Waals surface area contributed by atoms with Crippen molar-refractivity contribution in [3.05, 3.63) is 34.4 Å². The Labute approximate surface area is 133 Å². The van der Waals surface area contributed by atoms with Crippen molar-refractivity contribution >= 4 is 18.1 Å². The van der Waals surface area contributed by atoms with Gasteiger partial charge in [-0.05, 0) is 37.3 Å². The molecule has 22 heavy (non-hydrogen) atoms. The smallest absolute Gasteiger partial charge is 0.251 e. The average molecular weight is 322 g/mol. The number of carbonyl (C=O) groups is 1. The van der Waals surface area contributed by atoms with Crippen LogP contribution in [-0.4, -0.2) is 34.9 Å². The summed E-state index contributed by atoms with van der Waals surface area (Å²) in [6.45, 7) is 2.94. The van der Waals surface area contributed by atoms with E-state index < -0.39 is 0 Å². The lowest BCUT2D eigenvalue weighted by molar-refractivity contribution is 0.0949. The zero-order valence-corrected chi connectivity index (χ0v) is 13.5. The Morgan fingerprint density at radius 1 is 1.36 bits per heavy atom. The third-order valence-electron chi connectivity index (χ3n) is 3.21. The Morgan fingerprint density at radius 2 is 2.09 bits per heavy atom. The summed E-state index contributed by atoms with van der Waals surface area (Å²) in [5, 5.41) is 9.62. The fourth-order valence-electron chi connectivity index (χ4n) is 2.05. The van der Waals surface area contributed by atoms with Gasteiger partial charge in [-0.2, -0.15) is 5.10 Å². The van der Waals surface area contributed by atoms with Crippen LogP contribution >= 0.6 is 12.2 Å². The number of rotatable bonds is 6. The Morgan fingerprint density at radius 3 is 2.73 bits per heavy atom. The van der Waals surface area contributed by atoms with Gasteiger partial charge in [0.15, 0.2) is 22.1 Å². The summed E-state index contributed by atoms with van der Waals surface area (Å²) in [5.41, 5.74) is 0.481. The first-order valence-electron chi connectivity index (χ1n) is 6.75. The van der Waals surface area contributed by atoms with Crippen LogP contribution in [0.25, 0.3) is 0 Å². The van der Waals surface area contributed by atoms with Crippen molar-refractivity contribution in [1.82, 2.24) is 20.1 Å². The van der Waals surface area contributed by atoms with Gasteiger partial charge in [0.1, 0.15) is 0 Å². The molecule has 0 saturated carbocycles. The quantitative estimate of drug-likeness (QED) is 0.794. The predicted molar refractivity (Wildman–Crippen MR) is 83.8 cm³/mol. The van der Waals surface area contributed by atoms with Gasteiger partial charge >= 0.3 is 0 Å². The minimum Gasteiger partial charge on any atom is -0.493 e. The lowest BCUT2D eigenvalue weighted by Gasteiger charge is -2.10. The topological polar surface area (TPSA) is 81.2 Å². The van der Waals surface area contributed by atoms with Crippen molar-refractivity contribution in [2.24, 2.45) is 0 Å². The number of hydrogen-bond acceptors (Lipinski definition) is 5. The Hall–Kier alpha value is -2.35. The molecule has 118 valence electrons. The number of nitrogens with zero attached hydrogens (tertiary/aromatic N) is 2. The predicted octanol–water partition coefficient (Wildman–Crippen LogP) is 1.91. The number of hydrogen-bond donors (Lipinski definition) is 2.